The maximum absolute atomic E-state index is 10.9. The van der Waals surface area contributed by atoms with Crippen LogP contribution < -0.4 is 0 Å². The lowest BCUT2D eigenvalue weighted by atomic mass is 9.89. The zero-order valence-electron chi connectivity index (χ0n) is 33.2. The van der Waals surface area contributed by atoms with Gasteiger partial charge in [-0.1, -0.05) is 146 Å². The summed E-state index contributed by atoms with van der Waals surface area (Å²) in [7, 11) is 0. The Kier molecular flexibility index (Phi) is 8.54. The average molecular weight is 789 g/mol. The summed E-state index contributed by atoms with van der Waals surface area (Å²) in [4.78, 5) is 9.31. The molecule has 0 saturated carbocycles. The van der Waals surface area contributed by atoms with Gasteiger partial charge in [0.1, 0.15) is 12.1 Å². The average Bonchev–Trinajstić information content (AvgIpc) is 3.87. The van der Waals surface area contributed by atoms with Gasteiger partial charge in [-0.2, -0.15) is 10.5 Å². The SMILES string of the molecule is [C-]#[N+]c1cc(-c2nc(-c3ccccc3)c(C#N)c(-c3ccccc3)c2C#N)ccc1-c1cc2c(c3ccccc3n2-c2ccccc2)c2c1c1ccccc1n2-c1ccccc1. The molecular formula is C56H32N6. The fourth-order valence-corrected chi connectivity index (χ4v) is 9.23. The lowest BCUT2D eigenvalue weighted by Crippen LogP contribution is -2.02. The smallest absolute Gasteiger partial charge is 0.195 e. The topological polar surface area (TPSA) is 74.7 Å². The van der Waals surface area contributed by atoms with Crippen LogP contribution in [0.15, 0.2) is 194 Å². The third-order valence-corrected chi connectivity index (χ3v) is 11.8. The second-order valence-corrected chi connectivity index (χ2v) is 15.2. The van der Waals surface area contributed by atoms with Crippen LogP contribution in [0.2, 0.25) is 0 Å². The molecular weight excluding hydrogens is 757 g/mol. The standard InChI is InChI=1S/C56H32N6/c1-59-47-32-38(55-46(35-58)51(36-18-6-2-7-19-36)45(34-57)54(60-55)37-20-8-3-9-21-37)30-31-41(47)44-33-50-53(43-27-15-16-28-48(43)61(50)39-22-10-4-11-23-39)56-52(44)42-26-14-17-29-49(42)62(56)40-24-12-5-13-25-40/h2-33H. The summed E-state index contributed by atoms with van der Waals surface area (Å²) in [5, 5.41) is 25.9. The van der Waals surface area contributed by atoms with E-state index in [2.05, 4.69) is 129 Å². The van der Waals surface area contributed by atoms with Crippen LogP contribution in [0.3, 0.4) is 0 Å². The van der Waals surface area contributed by atoms with E-state index in [-0.39, 0.29) is 5.56 Å². The molecule has 0 unspecified atom stereocenters. The third kappa shape index (κ3) is 5.51. The molecule has 3 aromatic heterocycles. The maximum atomic E-state index is 10.9. The molecule has 6 nitrogen and oxygen atoms in total. The molecule has 0 saturated heterocycles. The maximum Gasteiger partial charge on any atom is 0.195 e. The number of benzene rings is 8. The van der Waals surface area contributed by atoms with Crippen molar-refractivity contribution in [3.05, 3.63) is 217 Å². The van der Waals surface area contributed by atoms with E-state index in [1.54, 1.807) is 0 Å². The van der Waals surface area contributed by atoms with Crippen LogP contribution in [0, 0.1) is 29.2 Å². The molecule has 0 amide bonds. The number of pyridine rings is 1. The number of para-hydroxylation sites is 4. The molecule has 0 spiro atoms. The molecule has 11 aromatic rings. The van der Waals surface area contributed by atoms with E-state index in [4.69, 9.17) is 11.6 Å². The predicted molar refractivity (Wildman–Crippen MR) is 250 cm³/mol. The van der Waals surface area contributed by atoms with E-state index in [9.17, 15) is 10.5 Å². The van der Waals surface area contributed by atoms with Gasteiger partial charge in [-0.15, -0.1) is 0 Å². The zero-order valence-corrected chi connectivity index (χ0v) is 33.2. The van der Waals surface area contributed by atoms with Crippen molar-refractivity contribution < 1.29 is 0 Å². The van der Waals surface area contributed by atoms with Crippen LogP contribution in [-0.4, -0.2) is 14.1 Å². The van der Waals surface area contributed by atoms with Gasteiger partial charge in [0, 0.05) is 44.0 Å². The number of fused-ring (bicyclic) bond motifs is 7. The van der Waals surface area contributed by atoms with Crippen LogP contribution in [-0.2, 0) is 0 Å². The molecule has 0 N–H and O–H groups in total. The van der Waals surface area contributed by atoms with Gasteiger partial charge in [-0.3, -0.25) is 0 Å². The van der Waals surface area contributed by atoms with Gasteiger partial charge in [-0.25, -0.2) is 9.83 Å². The largest absolute Gasteiger partial charge is 0.309 e. The summed E-state index contributed by atoms with van der Waals surface area (Å²) in [6.07, 6.45) is 0. The normalized spacial score (nSPS) is 11.2. The highest BCUT2D eigenvalue weighted by Crippen LogP contribution is 2.49. The van der Waals surface area contributed by atoms with Gasteiger partial charge >= 0.3 is 0 Å². The van der Waals surface area contributed by atoms with Crippen molar-refractivity contribution in [2.75, 3.05) is 0 Å². The van der Waals surface area contributed by atoms with Crippen LogP contribution in [0.5, 0.6) is 0 Å². The predicted octanol–water partition coefficient (Wildman–Crippen LogP) is 14.2. The minimum atomic E-state index is 0.276. The molecule has 0 atom stereocenters. The summed E-state index contributed by atoms with van der Waals surface area (Å²) in [6, 6.07) is 69.9. The van der Waals surface area contributed by atoms with Gasteiger partial charge in [0.2, 0.25) is 0 Å². The van der Waals surface area contributed by atoms with Crippen molar-refractivity contribution in [1.29, 1.82) is 10.5 Å². The molecule has 0 radical (unpaired) electrons. The van der Waals surface area contributed by atoms with Crippen molar-refractivity contribution in [2.24, 2.45) is 0 Å². The number of hydrogen-bond acceptors (Lipinski definition) is 3. The molecule has 0 bridgehead atoms. The van der Waals surface area contributed by atoms with Gasteiger partial charge < -0.3 is 9.13 Å². The molecule has 286 valence electrons. The van der Waals surface area contributed by atoms with Crippen LogP contribution in [0.1, 0.15) is 11.1 Å². The molecule has 0 aliphatic rings. The summed E-state index contributed by atoms with van der Waals surface area (Å²) >= 11 is 0. The Labute approximate surface area is 357 Å². The quantitative estimate of drug-likeness (QED) is 0.157. The van der Waals surface area contributed by atoms with E-state index in [0.717, 1.165) is 77.2 Å². The van der Waals surface area contributed by atoms with Gasteiger partial charge in [0.15, 0.2) is 5.69 Å². The first-order valence-electron chi connectivity index (χ1n) is 20.3. The van der Waals surface area contributed by atoms with Crippen molar-refractivity contribution in [1.82, 2.24) is 14.1 Å². The fraction of sp³-hybridized carbons (Fsp3) is 0. The zero-order chi connectivity index (χ0) is 41.7. The monoisotopic (exact) mass is 788 g/mol. The van der Waals surface area contributed by atoms with Gasteiger partial charge in [0.05, 0.1) is 51.2 Å². The molecule has 8 aromatic carbocycles. The lowest BCUT2D eigenvalue weighted by Gasteiger charge is -2.17. The van der Waals surface area contributed by atoms with Crippen LogP contribution >= 0.6 is 0 Å². The molecule has 6 heteroatoms. The van der Waals surface area contributed by atoms with Crippen molar-refractivity contribution in [3.63, 3.8) is 0 Å². The highest BCUT2D eigenvalue weighted by molar-refractivity contribution is 6.30. The number of rotatable bonds is 6. The Hall–Kier alpha value is -9.02. The molecule has 0 aliphatic carbocycles. The van der Waals surface area contributed by atoms with E-state index >= 15 is 0 Å². The second-order valence-electron chi connectivity index (χ2n) is 15.2. The Balaban J connectivity index is 1.26. The molecule has 11 rings (SSSR count). The molecule has 0 aliphatic heterocycles. The Morgan fingerprint density at radius 3 is 1.55 bits per heavy atom. The number of nitriles is 2. The van der Waals surface area contributed by atoms with Crippen LogP contribution in [0.4, 0.5) is 5.69 Å². The van der Waals surface area contributed by atoms with E-state index < -0.39 is 0 Å². The molecule has 62 heavy (non-hydrogen) atoms. The highest BCUT2D eigenvalue weighted by atomic mass is 15.0. The van der Waals surface area contributed by atoms with Crippen molar-refractivity contribution >= 4 is 49.3 Å². The van der Waals surface area contributed by atoms with E-state index in [1.807, 2.05) is 91.0 Å². The summed E-state index contributed by atoms with van der Waals surface area (Å²) < 4.78 is 4.68. The summed E-state index contributed by atoms with van der Waals surface area (Å²) in [5.41, 5.74) is 12.5. The fourth-order valence-electron chi connectivity index (χ4n) is 9.23. The lowest BCUT2D eigenvalue weighted by molar-refractivity contribution is 1.17. The first kappa shape index (κ1) is 36.1. The summed E-state index contributed by atoms with van der Waals surface area (Å²) in [6.45, 7) is 8.73. The minimum absolute atomic E-state index is 0.276. The second kappa shape index (κ2) is 14.7. The Morgan fingerprint density at radius 2 is 0.952 bits per heavy atom. The number of nitrogens with zero attached hydrogens (tertiary/aromatic N) is 6. The summed E-state index contributed by atoms with van der Waals surface area (Å²) in [5.74, 6) is 0. The third-order valence-electron chi connectivity index (χ3n) is 11.8. The first-order valence-corrected chi connectivity index (χ1v) is 20.3. The number of hydrogen-bond donors (Lipinski definition) is 0. The van der Waals surface area contributed by atoms with Crippen molar-refractivity contribution in [3.8, 4) is 68.3 Å². The number of aromatic nitrogens is 3. The van der Waals surface area contributed by atoms with Gasteiger partial charge in [-0.05, 0) is 70.8 Å². The minimum Gasteiger partial charge on any atom is -0.309 e. The van der Waals surface area contributed by atoms with E-state index in [1.165, 1.54) is 0 Å². The van der Waals surface area contributed by atoms with Crippen molar-refractivity contribution in [2.45, 2.75) is 0 Å². The van der Waals surface area contributed by atoms with Crippen LogP contribution in [0.25, 0.3) is 105 Å². The molecule has 3 heterocycles. The first-order chi connectivity index (χ1) is 30.7. The van der Waals surface area contributed by atoms with E-state index in [0.29, 0.717) is 33.8 Å². The molecule has 0 fully saturated rings. The van der Waals surface area contributed by atoms with Gasteiger partial charge in [0.25, 0.3) is 0 Å². The highest BCUT2D eigenvalue weighted by Gasteiger charge is 2.27. The Bertz CT molecular complexity index is 3690. The Morgan fingerprint density at radius 1 is 0.452 bits per heavy atom.